The van der Waals surface area contributed by atoms with E-state index in [1.165, 1.54) is 0 Å². The molecule has 1 heterocycles. The Labute approximate surface area is 131 Å². The van der Waals surface area contributed by atoms with Crippen LogP contribution in [-0.2, 0) is 4.74 Å². The maximum Gasteiger partial charge on any atom is 0.410 e. The van der Waals surface area contributed by atoms with E-state index in [-0.39, 0.29) is 18.6 Å². The largest absolute Gasteiger partial charge is 0.496 e. The number of carbonyl (C=O) groups excluding carboxylic acids is 1. The summed E-state index contributed by atoms with van der Waals surface area (Å²) in [6.45, 7) is 6.35. The van der Waals surface area contributed by atoms with Crippen molar-refractivity contribution in [2.45, 2.75) is 44.8 Å². The molecule has 0 saturated carbocycles. The highest BCUT2D eigenvalue weighted by Crippen LogP contribution is 2.34. The van der Waals surface area contributed by atoms with Crippen LogP contribution in [0.1, 0.15) is 38.7 Å². The zero-order valence-electron chi connectivity index (χ0n) is 13.7. The van der Waals surface area contributed by atoms with Gasteiger partial charge in [0.15, 0.2) is 0 Å². The minimum atomic E-state index is -0.627. The van der Waals surface area contributed by atoms with Crippen LogP contribution in [0.3, 0.4) is 0 Å². The Morgan fingerprint density at radius 3 is 2.59 bits per heavy atom. The second-order valence-electron chi connectivity index (χ2n) is 6.63. The van der Waals surface area contributed by atoms with Crippen molar-refractivity contribution in [3.05, 3.63) is 29.8 Å². The van der Waals surface area contributed by atoms with Crippen LogP contribution in [0.4, 0.5) is 4.79 Å². The van der Waals surface area contributed by atoms with Crippen molar-refractivity contribution < 1.29 is 19.4 Å². The summed E-state index contributed by atoms with van der Waals surface area (Å²) in [7, 11) is 1.63. The van der Waals surface area contributed by atoms with E-state index < -0.39 is 11.7 Å². The van der Waals surface area contributed by atoms with Crippen molar-refractivity contribution >= 4 is 6.09 Å². The summed E-state index contributed by atoms with van der Waals surface area (Å²) in [5.74, 6) is 0.743. The highest BCUT2D eigenvalue weighted by Gasteiger charge is 2.34. The van der Waals surface area contributed by atoms with Crippen LogP contribution in [0.15, 0.2) is 24.3 Å². The molecule has 1 aromatic rings. The molecule has 1 saturated heterocycles. The maximum absolute atomic E-state index is 12.1. The highest BCUT2D eigenvalue weighted by molar-refractivity contribution is 5.68. The monoisotopic (exact) mass is 307 g/mol. The number of benzene rings is 1. The number of hydrogen-bond acceptors (Lipinski definition) is 4. The predicted molar refractivity (Wildman–Crippen MR) is 84.2 cm³/mol. The number of aliphatic hydroxyl groups is 1. The first-order valence-electron chi connectivity index (χ1n) is 7.60. The number of ether oxygens (including phenoxy) is 2. The Morgan fingerprint density at radius 1 is 1.32 bits per heavy atom. The molecule has 22 heavy (non-hydrogen) atoms. The van der Waals surface area contributed by atoms with Crippen molar-refractivity contribution in [2.24, 2.45) is 0 Å². The number of aliphatic hydroxyl groups excluding tert-OH is 1. The molecule has 0 radical (unpaired) electrons. The molecule has 1 aliphatic rings. The number of rotatable bonds is 2. The summed E-state index contributed by atoms with van der Waals surface area (Å²) < 4.78 is 10.7. The molecule has 0 spiro atoms. The second-order valence-corrected chi connectivity index (χ2v) is 6.63. The fourth-order valence-corrected chi connectivity index (χ4v) is 2.76. The van der Waals surface area contributed by atoms with Crippen molar-refractivity contribution in [3.8, 4) is 5.75 Å². The van der Waals surface area contributed by atoms with E-state index >= 15 is 0 Å². The summed E-state index contributed by atoms with van der Waals surface area (Å²) in [4.78, 5) is 13.7. The molecule has 122 valence electrons. The van der Waals surface area contributed by atoms with Gasteiger partial charge in [0.2, 0.25) is 0 Å². The lowest BCUT2D eigenvalue weighted by atomic mass is 9.86. The van der Waals surface area contributed by atoms with Crippen LogP contribution in [-0.4, -0.2) is 48.0 Å². The SMILES string of the molecule is COc1ccccc1[C@H]1CCN(C(=O)OC(C)(C)C)C[C@@H]1O. The molecule has 0 aliphatic carbocycles. The van der Waals surface area contributed by atoms with E-state index in [1.807, 2.05) is 45.0 Å². The average molecular weight is 307 g/mol. The molecule has 0 bridgehead atoms. The predicted octanol–water partition coefficient (Wildman–Crippen LogP) is 2.78. The molecular formula is C17H25NO4. The lowest BCUT2D eigenvalue weighted by Gasteiger charge is -2.37. The molecule has 1 fully saturated rings. The third kappa shape index (κ3) is 3.91. The smallest absolute Gasteiger partial charge is 0.410 e. The fraction of sp³-hybridized carbons (Fsp3) is 0.588. The molecule has 0 unspecified atom stereocenters. The minimum Gasteiger partial charge on any atom is -0.496 e. The zero-order chi connectivity index (χ0) is 16.3. The Bertz CT molecular complexity index is 524. The van der Waals surface area contributed by atoms with Gasteiger partial charge in [-0.15, -0.1) is 0 Å². The third-order valence-corrected chi connectivity index (χ3v) is 3.77. The van der Waals surface area contributed by atoms with Crippen molar-refractivity contribution in [1.29, 1.82) is 0 Å². The maximum atomic E-state index is 12.1. The van der Waals surface area contributed by atoms with Crippen LogP contribution in [0.2, 0.25) is 0 Å². The zero-order valence-corrected chi connectivity index (χ0v) is 13.7. The lowest BCUT2D eigenvalue weighted by molar-refractivity contribution is -0.00169. The minimum absolute atomic E-state index is 0.0326. The van der Waals surface area contributed by atoms with E-state index in [1.54, 1.807) is 12.0 Å². The molecule has 5 nitrogen and oxygen atoms in total. The molecule has 1 aromatic carbocycles. The van der Waals surface area contributed by atoms with Crippen LogP contribution in [0.25, 0.3) is 0 Å². The van der Waals surface area contributed by atoms with Gasteiger partial charge in [0, 0.05) is 12.5 Å². The molecule has 2 atom stereocenters. The number of likely N-dealkylation sites (tertiary alicyclic amines) is 1. The van der Waals surface area contributed by atoms with Crippen molar-refractivity contribution in [1.82, 2.24) is 4.90 Å². The Morgan fingerprint density at radius 2 is 2.00 bits per heavy atom. The van der Waals surface area contributed by atoms with Crippen molar-refractivity contribution in [3.63, 3.8) is 0 Å². The number of methoxy groups -OCH3 is 1. The number of carbonyl (C=O) groups is 1. The number of para-hydroxylation sites is 1. The van der Waals surface area contributed by atoms with E-state index in [0.29, 0.717) is 13.0 Å². The van der Waals surface area contributed by atoms with Crippen LogP contribution in [0, 0.1) is 0 Å². The first-order valence-corrected chi connectivity index (χ1v) is 7.60. The van der Waals surface area contributed by atoms with Crippen LogP contribution in [0.5, 0.6) is 5.75 Å². The Hall–Kier alpha value is -1.75. The summed E-state index contributed by atoms with van der Waals surface area (Å²) in [5.41, 5.74) is 0.461. The topological polar surface area (TPSA) is 59.0 Å². The summed E-state index contributed by atoms with van der Waals surface area (Å²) in [6, 6.07) is 7.70. The van der Waals surface area contributed by atoms with Gasteiger partial charge >= 0.3 is 6.09 Å². The van der Waals surface area contributed by atoms with E-state index in [9.17, 15) is 9.90 Å². The van der Waals surface area contributed by atoms with E-state index in [0.717, 1.165) is 11.3 Å². The molecule has 1 aliphatic heterocycles. The molecule has 1 N–H and O–H groups in total. The van der Waals surface area contributed by atoms with Crippen LogP contribution < -0.4 is 4.74 Å². The van der Waals surface area contributed by atoms with Gasteiger partial charge in [-0.3, -0.25) is 0 Å². The summed E-state index contributed by atoms with van der Waals surface area (Å²) in [5, 5.41) is 10.5. The van der Waals surface area contributed by atoms with Gasteiger partial charge < -0.3 is 19.5 Å². The second kappa shape index (κ2) is 6.57. The van der Waals surface area contributed by atoms with Gasteiger partial charge in [0.25, 0.3) is 0 Å². The molecule has 0 aromatic heterocycles. The number of amides is 1. The molecule has 5 heteroatoms. The number of nitrogens with zero attached hydrogens (tertiary/aromatic N) is 1. The molecule has 2 rings (SSSR count). The Kier molecular flexibility index (Phi) is 4.96. The van der Waals surface area contributed by atoms with Gasteiger partial charge in [0.1, 0.15) is 11.4 Å². The van der Waals surface area contributed by atoms with Gasteiger partial charge in [-0.2, -0.15) is 0 Å². The first kappa shape index (κ1) is 16.6. The van der Waals surface area contributed by atoms with Gasteiger partial charge in [0.05, 0.1) is 19.8 Å². The van der Waals surface area contributed by atoms with Gasteiger partial charge in [-0.1, -0.05) is 18.2 Å². The van der Waals surface area contributed by atoms with Crippen molar-refractivity contribution in [2.75, 3.05) is 20.2 Å². The molecule has 1 amide bonds. The average Bonchev–Trinajstić information content (AvgIpc) is 2.45. The number of hydrogen-bond donors (Lipinski definition) is 1. The normalized spacial score (nSPS) is 22.3. The highest BCUT2D eigenvalue weighted by atomic mass is 16.6. The number of piperidine rings is 1. The fourth-order valence-electron chi connectivity index (χ4n) is 2.76. The van der Waals surface area contributed by atoms with Gasteiger partial charge in [-0.05, 0) is 38.8 Å². The van der Waals surface area contributed by atoms with Gasteiger partial charge in [-0.25, -0.2) is 4.79 Å². The quantitative estimate of drug-likeness (QED) is 0.913. The molecular weight excluding hydrogens is 282 g/mol. The number of β-amino-alcohol motifs (C(OH)–C–C–N with tert-alkyl or cyclic N) is 1. The lowest BCUT2D eigenvalue weighted by Crippen LogP contribution is -2.47. The summed E-state index contributed by atoms with van der Waals surface area (Å²) >= 11 is 0. The Balaban J connectivity index is 2.05. The summed E-state index contributed by atoms with van der Waals surface area (Å²) in [6.07, 6.45) is -0.316. The van der Waals surface area contributed by atoms with Crippen LogP contribution >= 0.6 is 0 Å². The first-order chi connectivity index (χ1) is 10.3. The third-order valence-electron chi connectivity index (χ3n) is 3.77. The van der Waals surface area contributed by atoms with E-state index in [4.69, 9.17) is 9.47 Å². The van der Waals surface area contributed by atoms with E-state index in [2.05, 4.69) is 0 Å². The standard InChI is InChI=1S/C17H25NO4/c1-17(2,3)22-16(20)18-10-9-12(14(19)11-18)13-7-5-6-8-15(13)21-4/h5-8,12,14,19H,9-11H2,1-4H3/t12-,14+/m1/s1.